The molecule has 2 rings (SSSR count). The molecule has 0 bridgehead atoms. The summed E-state index contributed by atoms with van der Waals surface area (Å²) < 4.78 is 42.8. The van der Waals surface area contributed by atoms with Gasteiger partial charge in [-0.2, -0.15) is 4.72 Å². The van der Waals surface area contributed by atoms with Gasteiger partial charge in [0.15, 0.2) is 0 Å². The third kappa shape index (κ3) is 6.63. The van der Waals surface area contributed by atoms with Gasteiger partial charge in [0.1, 0.15) is 12.0 Å². The maximum atomic E-state index is 12.1. The van der Waals surface area contributed by atoms with Crippen LogP contribution in [0, 0.1) is 20.2 Å². The number of nitro groups is 2. The zero-order chi connectivity index (χ0) is 20.2. The Morgan fingerprint density at radius 1 is 1.00 bits per heavy atom. The van der Waals surface area contributed by atoms with Gasteiger partial charge in [-0.25, -0.2) is 13.0 Å². The Morgan fingerprint density at radius 2 is 1.43 bits per heavy atom. The maximum absolute atomic E-state index is 12.1. The van der Waals surface area contributed by atoms with Gasteiger partial charge in [0.2, 0.25) is 10.0 Å². The minimum atomic E-state index is -4.46. The first-order valence-corrected chi connectivity index (χ1v) is 10.2. The molecule has 0 heterocycles. The van der Waals surface area contributed by atoms with Crippen molar-refractivity contribution in [1.29, 1.82) is 0 Å². The number of nitrogens with one attached hydrogen (secondary N) is 1. The van der Waals surface area contributed by atoms with Gasteiger partial charge in [0.25, 0.3) is 11.4 Å². The summed E-state index contributed by atoms with van der Waals surface area (Å²) in [7, 11) is -8.68. The molecule has 146 valence electrons. The molecule has 0 spiro atoms. The van der Waals surface area contributed by atoms with E-state index >= 15 is 0 Å². The number of benzene rings is 2. The Balaban J connectivity index is 0.00000392. The largest absolute Gasteiger partial charge is 1.00 e. The van der Waals surface area contributed by atoms with Crippen LogP contribution in [0.4, 0.5) is 11.4 Å². The van der Waals surface area contributed by atoms with Gasteiger partial charge < -0.3 is 10.8 Å². The van der Waals surface area contributed by atoms with E-state index in [-0.39, 0.29) is 53.0 Å². The van der Waals surface area contributed by atoms with Gasteiger partial charge >= 0.3 is 37.2 Å². The van der Waals surface area contributed by atoms with Crippen LogP contribution in [0.5, 0.6) is 5.75 Å². The average molecular weight is 441 g/mol. The zero-order valence-electron chi connectivity index (χ0n) is 15.3. The molecule has 0 aliphatic carbocycles. The molecule has 2 N–H and O–H groups in total. The van der Waals surface area contributed by atoms with Crippen molar-refractivity contribution in [1.82, 2.24) is 4.72 Å². The number of rotatable bonds is 8. The Bertz CT molecular complexity index is 1020. The summed E-state index contributed by atoms with van der Waals surface area (Å²) in [4.78, 5) is 29.2. The smallest absolute Gasteiger partial charge is 1.00 e. The molecule has 2 aromatic carbocycles. The van der Waals surface area contributed by atoms with Crippen molar-refractivity contribution in [2.24, 2.45) is 0 Å². The van der Waals surface area contributed by atoms with Crippen LogP contribution in [0.3, 0.4) is 0 Å². The van der Waals surface area contributed by atoms with E-state index in [1.807, 2.05) is 4.72 Å². The fourth-order valence-electron chi connectivity index (χ4n) is 1.82. The molecule has 0 amide bonds. The summed E-state index contributed by atoms with van der Waals surface area (Å²) in [6.07, 6.45) is -0.983. The maximum Gasteiger partial charge on any atom is 1.00 e. The second-order valence-electron chi connectivity index (χ2n) is 5.04. The molecule has 0 saturated carbocycles. The van der Waals surface area contributed by atoms with E-state index < -0.39 is 33.8 Å². The summed E-state index contributed by atoms with van der Waals surface area (Å²) in [5.41, 5.74) is -0.572. The summed E-state index contributed by atoms with van der Waals surface area (Å²) in [6.45, 7) is 0. The van der Waals surface area contributed by atoms with E-state index in [4.69, 9.17) is 4.52 Å². The van der Waals surface area contributed by atoms with Gasteiger partial charge in [-0.3, -0.25) is 20.2 Å². The first-order chi connectivity index (χ1) is 12.5. The Morgan fingerprint density at radius 3 is 1.86 bits per heavy atom. The number of hydrogen-bond donors (Lipinski definition) is 2. The van der Waals surface area contributed by atoms with Crippen LogP contribution in [0.1, 0.15) is 1.43 Å². The summed E-state index contributed by atoms with van der Waals surface area (Å²) >= 11 is 0. The number of hydrogen-bond acceptors (Lipinski definition) is 8. The minimum Gasteiger partial charge on any atom is -1.00 e. The summed E-state index contributed by atoms with van der Waals surface area (Å²) in [5.74, 6) is -0.166. The molecule has 1 atom stereocenters. The van der Waals surface area contributed by atoms with Crippen molar-refractivity contribution < 1.29 is 63.2 Å². The summed E-state index contributed by atoms with van der Waals surface area (Å²) in [5, 5.41) is 21.1. The van der Waals surface area contributed by atoms with E-state index in [2.05, 4.69) is 0 Å². The number of non-ortho nitro benzene ring substituents is 2. The van der Waals surface area contributed by atoms with Crippen molar-refractivity contribution in [3.8, 4) is 5.75 Å². The molecular formula is C13H13N3NaO9PS. The molecular weight excluding hydrogens is 428 g/mol. The summed E-state index contributed by atoms with van der Waals surface area (Å²) in [6, 6.07) is 8.17. The van der Waals surface area contributed by atoms with Gasteiger partial charge in [-0.1, -0.05) is 0 Å². The molecule has 1 unspecified atom stereocenters. The molecule has 2 aromatic rings. The van der Waals surface area contributed by atoms with Crippen molar-refractivity contribution in [3.05, 3.63) is 68.8 Å². The molecule has 0 saturated heterocycles. The van der Waals surface area contributed by atoms with E-state index in [1.165, 1.54) is 0 Å². The monoisotopic (exact) mass is 441 g/mol. The molecule has 12 nitrogen and oxygen atoms in total. The van der Waals surface area contributed by atoms with Gasteiger partial charge in [-0.05, 0) is 24.3 Å². The number of nitro benzene ring substituents is 2. The van der Waals surface area contributed by atoms with Crippen LogP contribution in [0.15, 0.2) is 53.4 Å². The standard InChI is InChI=1S/C13H12N3O9PS.Na.H/c17-15(18)10-1-5-12(6-2-10)25-26(21,22)9-14-27(23,24)13-7-3-11(4-8-13)16(19)20;;/h1-8,14H,9H2,(H,21,22);;/q;+1;-1. The predicted molar refractivity (Wildman–Crippen MR) is 92.9 cm³/mol. The molecule has 0 fully saturated rings. The third-order valence-electron chi connectivity index (χ3n) is 3.11. The first kappa shape index (κ1) is 24.2. The van der Waals surface area contributed by atoms with Crippen LogP contribution in [-0.2, 0) is 14.6 Å². The van der Waals surface area contributed by atoms with Crippen molar-refractivity contribution in [2.75, 3.05) is 6.29 Å². The molecule has 0 radical (unpaired) electrons. The quantitative estimate of drug-likeness (QED) is 0.228. The van der Waals surface area contributed by atoms with Crippen LogP contribution in [0.2, 0.25) is 0 Å². The molecule has 28 heavy (non-hydrogen) atoms. The topological polar surface area (TPSA) is 179 Å². The van der Waals surface area contributed by atoms with Crippen molar-refractivity contribution in [3.63, 3.8) is 0 Å². The van der Waals surface area contributed by atoms with Gasteiger partial charge in [0.05, 0.1) is 14.7 Å². The molecule has 15 heteroatoms. The Kier molecular flexibility index (Phi) is 8.26. The van der Waals surface area contributed by atoms with Gasteiger partial charge in [-0.15, -0.1) is 0 Å². The molecule has 0 aliphatic heterocycles. The Labute approximate surface area is 182 Å². The number of sulfonamides is 1. The Hall–Kier alpha value is -1.86. The number of nitrogens with zero attached hydrogens (tertiary/aromatic N) is 2. The van der Waals surface area contributed by atoms with Crippen LogP contribution in [-0.4, -0.2) is 29.4 Å². The SMILES string of the molecule is O=[N+]([O-])c1ccc(OP(=O)(O)CNS(=O)(=O)c2ccc([N+](=O)[O-])cc2)cc1.[H-].[Na+]. The average Bonchev–Trinajstić information content (AvgIpc) is 2.60. The van der Waals surface area contributed by atoms with Gasteiger partial charge in [0, 0.05) is 24.3 Å². The fraction of sp³-hybridized carbons (Fsp3) is 0.0769. The van der Waals surface area contributed by atoms with E-state index in [0.29, 0.717) is 0 Å². The third-order valence-corrected chi connectivity index (χ3v) is 5.79. The second-order valence-corrected chi connectivity index (χ2v) is 8.58. The van der Waals surface area contributed by atoms with Crippen LogP contribution >= 0.6 is 7.60 Å². The van der Waals surface area contributed by atoms with Crippen LogP contribution in [0.25, 0.3) is 0 Å². The second kappa shape index (κ2) is 9.56. The van der Waals surface area contributed by atoms with E-state index in [0.717, 1.165) is 48.5 Å². The minimum absolute atomic E-state index is 0. The van der Waals surface area contributed by atoms with Crippen LogP contribution < -0.4 is 38.8 Å². The fourth-order valence-corrected chi connectivity index (χ4v) is 4.33. The molecule has 0 aromatic heterocycles. The van der Waals surface area contributed by atoms with Crippen molar-refractivity contribution in [2.45, 2.75) is 4.90 Å². The molecule has 0 aliphatic rings. The zero-order valence-corrected chi connectivity index (χ0v) is 18.0. The normalized spacial score (nSPS) is 13.0. The van der Waals surface area contributed by atoms with Crippen molar-refractivity contribution >= 4 is 29.0 Å². The van der Waals surface area contributed by atoms with E-state index in [9.17, 15) is 38.1 Å². The van der Waals surface area contributed by atoms with E-state index in [1.54, 1.807) is 0 Å². The predicted octanol–water partition coefficient (Wildman–Crippen LogP) is -0.880. The first-order valence-electron chi connectivity index (χ1n) is 7.00.